The van der Waals surface area contributed by atoms with E-state index in [9.17, 15) is 0 Å². The summed E-state index contributed by atoms with van der Waals surface area (Å²) < 4.78 is 0. The van der Waals surface area contributed by atoms with E-state index in [0.29, 0.717) is 0 Å². The van der Waals surface area contributed by atoms with E-state index in [1.807, 2.05) is 6.07 Å². The van der Waals surface area contributed by atoms with Crippen LogP contribution in [0.4, 0.5) is 5.69 Å². The van der Waals surface area contributed by atoms with E-state index in [0.717, 1.165) is 16.8 Å². The Morgan fingerprint density at radius 3 is 2.00 bits per heavy atom. The summed E-state index contributed by atoms with van der Waals surface area (Å²) >= 11 is 1.77. The Balaban J connectivity index is 2.29. The molecule has 0 aliphatic heterocycles. The summed E-state index contributed by atoms with van der Waals surface area (Å²) in [6.45, 7) is 4.11. The molecule has 0 fully saturated rings. The number of nitrogens with two attached hydrogens (primary N) is 1. The second kappa shape index (κ2) is 4.62. The summed E-state index contributed by atoms with van der Waals surface area (Å²) in [5, 5.41) is 0. The van der Waals surface area contributed by atoms with Gasteiger partial charge in [0.15, 0.2) is 0 Å². The van der Waals surface area contributed by atoms with Gasteiger partial charge in [-0.3, -0.25) is 0 Å². The number of nitrogen functional groups attached to an aromatic ring is 1. The molecule has 0 saturated heterocycles. The zero-order valence-electron chi connectivity index (χ0n) is 9.53. The number of rotatable bonds is 2. The molecule has 0 aliphatic rings. The topological polar surface area (TPSA) is 26.0 Å². The van der Waals surface area contributed by atoms with Crippen molar-refractivity contribution in [1.29, 1.82) is 0 Å². The first-order chi connectivity index (χ1) is 7.66. The summed E-state index contributed by atoms with van der Waals surface area (Å²) in [6.07, 6.45) is 0. The number of anilines is 1. The average Bonchev–Trinajstić information content (AvgIpc) is 2.27. The summed E-state index contributed by atoms with van der Waals surface area (Å²) in [4.78, 5) is 2.50. The molecule has 0 atom stereocenters. The van der Waals surface area contributed by atoms with Crippen molar-refractivity contribution >= 4 is 17.4 Å². The van der Waals surface area contributed by atoms with E-state index >= 15 is 0 Å². The molecule has 0 aromatic heterocycles. The Labute approximate surface area is 101 Å². The third kappa shape index (κ3) is 2.39. The summed E-state index contributed by atoms with van der Waals surface area (Å²) in [7, 11) is 0. The fourth-order valence-electron chi connectivity index (χ4n) is 1.62. The molecule has 82 valence electrons. The fourth-order valence-corrected chi connectivity index (χ4v) is 2.66. The highest BCUT2D eigenvalue weighted by Gasteiger charge is 2.02. The maximum atomic E-state index is 5.93. The van der Waals surface area contributed by atoms with Crippen molar-refractivity contribution in [3.63, 3.8) is 0 Å². The van der Waals surface area contributed by atoms with Crippen LogP contribution in [0, 0.1) is 13.8 Å². The maximum absolute atomic E-state index is 5.93. The summed E-state index contributed by atoms with van der Waals surface area (Å²) in [5.41, 5.74) is 9.14. The molecule has 0 saturated carbocycles. The van der Waals surface area contributed by atoms with Crippen LogP contribution >= 0.6 is 11.8 Å². The molecule has 0 spiro atoms. The van der Waals surface area contributed by atoms with Crippen LogP contribution in [-0.2, 0) is 0 Å². The predicted octanol–water partition coefficient (Wildman–Crippen LogP) is 4.04. The lowest BCUT2D eigenvalue weighted by atomic mass is 10.1. The van der Waals surface area contributed by atoms with Crippen molar-refractivity contribution in [3.8, 4) is 0 Å². The number of benzene rings is 2. The van der Waals surface area contributed by atoms with E-state index in [1.165, 1.54) is 9.79 Å². The lowest BCUT2D eigenvalue weighted by molar-refractivity contribution is 1.29. The maximum Gasteiger partial charge on any atom is 0.0374 e. The second-order valence-electron chi connectivity index (χ2n) is 3.89. The molecule has 0 radical (unpaired) electrons. The second-order valence-corrected chi connectivity index (χ2v) is 5.03. The standard InChI is InChI=1S/C14H15NS/c1-10-8-13(9-11(2)14(10)15)16-12-6-4-3-5-7-12/h3-9H,15H2,1-2H3. The van der Waals surface area contributed by atoms with Gasteiger partial charge in [0, 0.05) is 15.5 Å². The number of aryl methyl sites for hydroxylation is 2. The third-order valence-corrected chi connectivity index (χ3v) is 3.53. The highest BCUT2D eigenvalue weighted by Crippen LogP contribution is 2.31. The van der Waals surface area contributed by atoms with Crippen molar-refractivity contribution in [2.45, 2.75) is 23.6 Å². The van der Waals surface area contributed by atoms with Crippen molar-refractivity contribution in [3.05, 3.63) is 53.6 Å². The van der Waals surface area contributed by atoms with Gasteiger partial charge in [-0.25, -0.2) is 0 Å². The van der Waals surface area contributed by atoms with E-state index < -0.39 is 0 Å². The zero-order chi connectivity index (χ0) is 11.5. The minimum Gasteiger partial charge on any atom is -0.398 e. The van der Waals surface area contributed by atoms with Gasteiger partial charge in [0.1, 0.15) is 0 Å². The van der Waals surface area contributed by atoms with Gasteiger partial charge in [-0.2, -0.15) is 0 Å². The number of hydrogen-bond donors (Lipinski definition) is 1. The largest absolute Gasteiger partial charge is 0.398 e. The van der Waals surface area contributed by atoms with Gasteiger partial charge in [-0.05, 0) is 49.2 Å². The van der Waals surface area contributed by atoms with Crippen LogP contribution in [0.25, 0.3) is 0 Å². The van der Waals surface area contributed by atoms with Gasteiger partial charge in [0.2, 0.25) is 0 Å². The lowest BCUT2D eigenvalue weighted by Gasteiger charge is -2.08. The first-order valence-corrected chi connectivity index (χ1v) is 6.08. The van der Waals surface area contributed by atoms with Crippen molar-refractivity contribution in [2.24, 2.45) is 0 Å². The van der Waals surface area contributed by atoms with Crippen LogP contribution in [0.15, 0.2) is 52.3 Å². The first-order valence-electron chi connectivity index (χ1n) is 5.26. The predicted molar refractivity (Wildman–Crippen MR) is 70.9 cm³/mol. The highest BCUT2D eigenvalue weighted by molar-refractivity contribution is 7.99. The summed E-state index contributed by atoms with van der Waals surface area (Å²) in [6, 6.07) is 14.7. The SMILES string of the molecule is Cc1cc(Sc2ccccc2)cc(C)c1N. The van der Waals surface area contributed by atoms with Gasteiger partial charge in [-0.1, -0.05) is 30.0 Å². The molecule has 0 heterocycles. The molecule has 2 aromatic carbocycles. The number of hydrogen-bond acceptors (Lipinski definition) is 2. The summed E-state index contributed by atoms with van der Waals surface area (Å²) in [5.74, 6) is 0. The smallest absolute Gasteiger partial charge is 0.0374 e. The Morgan fingerprint density at radius 1 is 0.875 bits per heavy atom. The quantitative estimate of drug-likeness (QED) is 0.787. The van der Waals surface area contributed by atoms with Crippen LogP contribution < -0.4 is 5.73 Å². The van der Waals surface area contributed by atoms with Crippen LogP contribution in [0.2, 0.25) is 0 Å². The van der Waals surface area contributed by atoms with E-state index in [1.54, 1.807) is 11.8 Å². The van der Waals surface area contributed by atoms with Crippen LogP contribution in [0.1, 0.15) is 11.1 Å². The van der Waals surface area contributed by atoms with E-state index in [-0.39, 0.29) is 0 Å². The third-order valence-electron chi connectivity index (χ3n) is 2.55. The molecule has 0 amide bonds. The average molecular weight is 229 g/mol. The molecule has 2 aromatic rings. The van der Waals surface area contributed by atoms with Crippen LogP contribution in [0.3, 0.4) is 0 Å². The van der Waals surface area contributed by atoms with E-state index in [4.69, 9.17) is 5.73 Å². The molecule has 0 bridgehead atoms. The highest BCUT2D eigenvalue weighted by atomic mass is 32.2. The molecule has 1 nitrogen and oxygen atoms in total. The van der Waals surface area contributed by atoms with Gasteiger partial charge >= 0.3 is 0 Å². The minimum absolute atomic E-state index is 0.900. The Kier molecular flexibility index (Phi) is 3.20. The van der Waals surface area contributed by atoms with Gasteiger partial charge in [-0.15, -0.1) is 0 Å². The zero-order valence-corrected chi connectivity index (χ0v) is 10.3. The molecule has 16 heavy (non-hydrogen) atoms. The Morgan fingerprint density at radius 2 is 1.44 bits per heavy atom. The van der Waals surface area contributed by atoms with Crippen molar-refractivity contribution < 1.29 is 0 Å². The van der Waals surface area contributed by atoms with Crippen LogP contribution in [-0.4, -0.2) is 0 Å². The molecule has 2 rings (SSSR count). The van der Waals surface area contributed by atoms with Gasteiger partial charge in [0.05, 0.1) is 0 Å². The molecule has 2 heteroatoms. The molecule has 0 unspecified atom stereocenters. The van der Waals surface area contributed by atoms with Crippen molar-refractivity contribution in [2.75, 3.05) is 5.73 Å². The molecule has 0 aliphatic carbocycles. The minimum atomic E-state index is 0.900. The lowest BCUT2D eigenvalue weighted by Crippen LogP contribution is -1.93. The van der Waals surface area contributed by atoms with E-state index in [2.05, 4.69) is 50.2 Å². The molecular weight excluding hydrogens is 214 g/mol. The Bertz CT molecular complexity index is 468. The van der Waals surface area contributed by atoms with Crippen molar-refractivity contribution in [1.82, 2.24) is 0 Å². The molecule has 2 N–H and O–H groups in total. The Hall–Kier alpha value is -1.41. The van der Waals surface area contributed by atoms with Crippen LogP contribution in [0.5, 0.6) is 0 Å². The van der Waals surface area contributed by atoms with Gasteiger partial charge in [0.25, 0.3) is 0 Å². The van der Waals surface area contributed by atoms with Gasteiger partial charge < -0.3 is 5.73 Å². The monoisotopic (exact) mass is 229 g/mol. The molecular formula is C14H15NS. The first kappa shape index (κ1) is 11.1. The fraction of sp³-hybridized carbons (Fsp3) is 0.143. The normalized spacial score (nSPS) is 10.4.